The number of thiophene rings is 1. The minimum Gasteiger partial charge on any atom is -0.365 e. The zero-order valence-electron chi connectivity index (χ0n) is 6.18. The van der Waals surface area contributed by atoms with Crippen molar-refractivity contribution >= 4 is 11.3 Å². The van der Waals surface area contributed by atoms with Gasteiger partial charge >= 0.3 is 0 Å². The fourth-order valence-corrected chi connectivity index (χ4v) is 2.14. The summed E-state index contributed by atoms with van der Waals surface area (Å²) in [5, 5.41) is 4.35. The number of aryl methyl sites for hydroxylation is 1. The second-order valence-electron chi connectivity index (χ2n) is 2.99. The van der Waals surface area contributed by atoms with Gasteiger partial charge in [-0.2, -0.15) is 11.3 Å². The Morgan fingerprint density at radius 1 is 1.60 bits per heavy atom. The first-order valence-electron chi connectivity index (χ1n) is 3.40. The first-order valence-corrected chi connectivity index (χ1v) is 4.34. The van der Waals surface area contributed by atoms with Gasteiger partial charge in [0.05, 0.1) is 6.61 Å². The van der Waals surface area contributed by atoms with Gasteiger partial charge in [-0.15, -0.1) is 0 Å². The molecule has 1 aromatic rings. The molecule has 2 rings (SSSR count). The summed E-state index contributed by atoms with van der Waals surface area (Å²) in [4.78, 5) is 0. The third-order valence-electron chi connectivity index (χ3n) is 2.00. The molecule has 1 unspecified atom stereocenters. The summed E-state index contributed by atoms with van der Waals surface area (Å²) in [5.74, 6) is 0. The minimum absolute atomic E-state index is 0.0735. The summed E-state index contributed by atoms with van der Waals surface area (Å²) >= 11 is 1.75. The summed E-state index contributed by atoms with van der Waals surface area (Å²) in [6.07, 6.45) is 0. The Hall–Kier alpha value is -0.340. The number of epoxide rings is 1. The standard InChI is InChI=1S/C8H10OS/c1-6-3-10-4-7(6)8(2)5-9-8/h3-4H,5H2,1-2H3. The monoisotopic (exact) mass is 154 g/mol. The fourth-order valence-electron chi connectivity index (χ4n) is 1.17. The van der Waals surface area contributed by atoms with Gasteiger partial charge in [-0.25, -0.2) is 0 Å². The highest BCUT2D eigenvalue weighted by atomic mass is 32.1. The molecule has 1 nitrogen and oxygen atoms in total. The van der Waals surface area contributed by atoms with E-state index < -0.39 is 0 Å². The lowest BCUT2D eigenvalue weighted by Crippen LogP contribution is -2.01. The van der Waals surface area contributed by atoms with E-state index in [9.17, 15) is 0 Å². The van der Waals surface area contributed by atoms with Gasteiger partial charge in [0.25, 0.3) is 0 Å². The molecule has 0 spiro atoms. The quantitative estimate of drug-likeness (QED) is 0.565. The lowest BCUT2D eigenvalue weighted by Gasteiger charge is -2.01. The van der Waals surface area contributed by atoms with Crippen molar-refractivity contribution in [2.75, 3.05) is 6.61 Å². The van der Waals surface area contributed by atoms with Gasteiger partial charge in [0.1, 0.15) is 5.60 Å². The Morgan fingerprint density at radius 3 is 2.70 bits per heavy atom. The molecular formula is C8H10OS. The number of rotatable bonds is 1. The SMILES string of the molecule is Cc1cscc1C1(C)CO1. The Bertz CT molecular complexity index is 248. The van der Waals surface area contributed by atoms with Gasteiger partial charge < -0.3 is 4.74 Å². The maximum absolute atomic E-state index is 5.33. The molecule has 0 aliphatic carbocycles. The molecule has 1 atom stereocenters. The van der Waals surface area contributed by atoms with Crippen LogP contribution in [0.2, 0.25) is 0 Å². The fraction of sp³-hybridized carbons (Fsp3) is 0.500. The van der Waals surface area contributed by atoms with Crippen LogP contribution in [-0.2, 0) is 10.3 Å². The largest absolute Gasteiger partial charge is 0.365 e. The van der Waals surface area contributed by atoms with Gasteiger partial charge in [0.2, 0.25) is 0 Å². The molecule has 2 heterocycles. The molecule has 1 saturated heterocycles. The zero-order valence-corrected chi connectivity index (χ0v) is 6.99. The first-order chi connectivity index (χ1) is 4.72. The Balaban J connectivity index is 2.42. The smallest absolute Gasteiger partial charge is 0.115 e. The van der Waals surface area contributed by atoms with E-state index in [0.717, 1.165) is 6.61 Å². The van der Waals surface area contributed by atoms with Crippen molar-refractivity contribution in [3.8, 4) is 0 Å². The van der Waals surface area contributed by atoms with Crippen molar-refractivity contribution < 1.29 is 4.74 Å². The van der Waals surface area contributed by atoms with E-state index >= 15 is 0 Å². The molecule has 1 aromatic heterocycles. The summed E-state index contributed by atoms with van der Waals surface area (Å²) in [6.45, 7) is 5.17. The molecule has 0 amide bonds. The third kappa shape index (κ3) is 0.796. The van der Waals surface area contributed by atoms with Crippen molar-refractivity contribution in [1.82, 2.24) is 0 Å². The highest BCUT2D eigenvalue weighted by Crippen LogP contribution is 2.40. The van der Waals surface area contributed by atoms with Gasteiger partial charge in [0.15, 0.2) is 0 Å². The van der Waals surface area contributed by atoms with Crippen LogP contribution in [0.1, 0.15) is 18.1 Å². The summed E-state index contributed by atoms with van der Waals surface area (Å²) < 4.78 is 5.33. The summed E-state index contributed by atoms with van der Waals surface area (Å²) in [5.41, 5.74) is 2.81. The van der Waals surface area contributed by atoms with Crippen LogP contribution in [0.3, 0.4) is 0 Å². The highest BCUT2D eigenvalue weighted by molar-refractivity contribution is 7.08. The Labute approximate surface area is 64.6 Å². The van der Waals surface area contributed by atoms with E-state index in [4.69, 9.17) is 4.74 Å². The van der Waals surface area contributed by atoms with Crippen LogP contribution in [0.4, 0.5) is 0 Å². The van der Waals surface area contributed by atoms with Crippen LogP contribution < -0.4 is 0 Å². The van der Waals surface area contributed by atoms with Crippen LogP contribution in [0, 0.1) is 6.92 Å². The molecule has 0 saturated carbocycles. The van der Waals surface area contributed by atoms with E-state index in [0.29, 0.717) is 0 Å². The molecule has 1 aliphatic rings. The number of hydrogen-bond donors (Lipinski definition) is 0. The molecule has 0 aromatic carbocycles. The molecule has 1 fully saturated rings. The number of hydrogen-bond acceptors (Lipinski definition) is 2. The molecule has 10 heavy (non-hydrogen) atoms. The molecule has 0 N–H and O–H groups in total. The number of ether oxygens (including phenoxy) is 1. The normalized spacial score (nSPS) is 30.6. The topological polar surface area (TPSA) is 12.5 Å². The summed E-state index contributed by atoms with van der Waals surface area (Å²) in [7, 11) is 0. The highest BCUT2D eigenvalue weighted by Gasteiger charge is 2.42. The van der Waals surface area contributed by atoms with Crippen LogP contribution in [0.25, 0.3) is 0 Å². The van der Waals surface area contributed by atoms with E-state index in [-0.39, 0.29) is 5.60 Å². The maximum Gasteiger partial charge on any atom is 0.115 e. The van der Waals surface area contributed by atoms with E-state index in [1.165, 1.54) is 11.1 Å². The Morgan fingerprint density at radius 2 is 2.30 bits per heavy atom. The minimum atomic E-state index is 0.0735. The third-order valence-corrected chi connectivity index (χ3v) is 2.86. The average molecular weight is 154 g/mol. The van der Waals surface area contributed by atoms with Crippen LogP contribution in [0.15, 0.2) is 10.8 Å². The second kappa shape index (κ2) is 1.83. The van der Waals surface area contributed by atoms with Crippen LogP contribution in [0.5, 0.6) is 0 Å². The lowest BCUT2D eigenvalue weighted by atomic mass is 10.0. The predicted molar refractivity (Wildman–Crippen MR) is 42.4 cm³/mol. The molecule has 0 radical (unpaired) electrons. The molecule has 2 heteroatoms. The zero-order chi connectivity index (χ0) is 7.19. The molecule has 0 bridgehead atoms. The molecular weight excluding hydrogens is 144 g/mol. The van der Waals surface area contributed by atoms with Crippen LogP contribution >= 0.6 is 11.3 Å². The Kier molecular flexibility index (Phi) is 1.17. The van der Waals surface area contributed by atoms with Gasteiger partial charge in [-0.1, -0.05) is 0 Å². The maximum atomic E-state index is 5.33. The van der Waals surface area contributed by atoms with E-state index in [2.05, 4.69) is 24.6 Å². The summed E-state index contributed by atoms with van der Waals surface area (Å²) in [6, 6.07) is 0. The predicted octanol–water partition coefficient (Wildman–Crippen LogP) is 2.30. The molecule has 54 valence electrons. The van der Waals surface area contributed by atoms with Gasteiger partial charge in [0, 0.05) is 0 Å². The van der Waals surface area contributed by atoms with Crippen molar-refractivity contribution in [1.29, 1.82) is 0 Å². The van der Waals surface area contributed by atoms with Crippen LogP contribution in [-0.4, -0.2) is 6.61 Å². The van der Waals surface area contributed by atoms with E-state index in [1.807, 2.05) is 0 Å². The van der Waals surface area contributed by atoms with Crippen molar-refractivity contribution in [2.45, 2.75) is 19.4 Å². The lowest BCUT2D eigenvalue weighted by molar-refractivity contribution is 0.329. The van der Waals surface area contributed by atoms with Crippen molar-refractivity contribution in [3.05, 3.63) is 21.9 Å². The van der Waals surface area contributed by atoms with Gasteiger partial charge in [-0.05, 0) is 35.7 Å². The average Bonchev–Trinajstić information content (AvgIpc) is 2.44. The van der Waals surface area contributed by atoms with Gasteiger partial charge in [-0.3, -0.25) is 0 Å². The second-order valence-corrected chi connectivity index (χ2v) is 3.73. The van der Waals surface area contributed by atoms with Crippen molar-refractivity contribution in [3.63, 3.8) is 0 Å². The van der Waals surface area contributed by atoms with E-state index in [1.54, 1.807) is 11.3 Å². The van der Waals surface area contributed by atoms with Crippen molar-refractivity contribution in [2.24, 2.45) is 0 Å². The first kappa shape index (κ1) is 6.38. The molecule has 1 aliphatic heterocycles.